The van der Waals surface area contributed by atoms with Crippen molar-refractivity contribution in [2.45, 2.75) is 24.7 Å². The van der Waals surface area contributed by atoms with Crippen LogP contribution in [0.5, 0.6) is 5.75 Å². The molecule has 2 aliphatic heterocycles. The first-order chi connectivity index (χ1) is 13.6. The summed E-state index contributed by atoms with van der Waals surface area (Å²) < 4.78 is 6.07. The summed E-state index contributed by atoms with van der Waals surface area (Å²) in [5, 5.41) is 9.62. The van der Waals surface area contributed by atoms with Crippen molar-refractivity contribution in [1.82, 2.24) is 4.90 Å². The van der Waals surface area contributed by atoms with Crippen molar-refractivity contribution in [2.75, 3.05) is 26.2 Å². The molecule has 4 nitrogen and oxygen atoms in total. The van der Waals surface area contributed by atoms with Crippen LogP contribution >= 0.6 is 24.0 Å². The van der Waals surface area contributed by atoms with Crippen molar-refractivity contribution in [3.05, 3.63) is 64.2 Å². The number of fused-ring (bicyclic) bond motifs is 2. The van der Waals surface area contributed by atoms with Crippen LogP contribution in [-0.4, -0.2) is 42.2 Å². The van der Waals surface area contributed by atoms with Crippen LogP contribution in [0.2, 0.25) is 5.02 Å². The van der Waals surface area contributed by atoms with Crippen LogP contribution in [0.15, 0.2) is 42.5 Å². The molecule has 0 atom stereocenters. The van der Waals surface area contributed by atoms with Gasteiger partial charge in [-0.25, -0.2) is 0 Å². The third-order valence-electron chi connectivity index (χ3n) is 5.90. The van der Waals surface area contributed by atoms with E-state index in [0.717, 1.165) is 47.8 Å². The van der Waals surface area contributed by atoms with E-state index in [-0.39, 0.29) is 24.2 Å². The minimum absolute atomic E-state index is 0. The van der Waals surface area contributed by atoms with E-state index in [4.69, 9.17) is 21.4 Å². The maximum Gasteiger partial charge on any atom is 0.304 e. The highest BCUT2D eigenvalue weighted by molar-refractivity contribution is 6.32. The van der Waals surface area contributed by atoms with Gasteiger partial charge >= 0.3 is 5.97 Å². The molecule has 1 fully saturated rings. The van der Waals surface area contributed by atoms with E-state index in [1.165, 1.54) is 5.56 Å². The van der Waals surface area contributed by atoms with E-state index in [1.54, 1.807) is 0 Å². The lowest BCUT2D eigenvalue weighted by Crippen LogP contribution is -2.44. The minimum Gasteiger partial charge on any atom is -0.492 e. The molecule has 29 heavy (non-hydrogen) atoms. The van der Waals surface area contributed by atoms with E-state index >= 15 is 0 Å². The Labute approximate surface area is 182 Å². The summed E-state index contributed by atoms with van der Waals surface area (Å²) in [4.78, 5) is 13.0. The van der Waals surface area contributed by atoms with E-state index in [0.29, 0.717) is 13.2 Å². The molecule has 6 heteroatoms. The maximum atomic E-state index is 10.8. The van der Waals surface area contributed by atoms with Crippen LogP contribution in [-0.2, 0) is 10.2 Å². The Bertz CT molecular complexity index is 905. The molecule has 0 radical (unpaired) electrons. The highest BCUT2D eigenvalue weighted by Gasteiger charge is 2.42. The standard InChI is InChI=1S/C23H24ClNO3.ClH/c24-20-4-2-1-3-18(20)7-5-17-6-8-19-21(15-17)28-16-23(19)10-13-25(14-11-23)12-9-22(26)27;/h1-8,15H,9-14,16H2,(H,26,27);1H. The van der Waals surface area contributed by atoms with Gasteiger partial charge in [0.05, 0.1) is 13.0 Å². The third kappa shape index (κ3) is 4.77. The molecular weight excluding hydrogens is 409 g/mol. The lowest BCUT2D eigenvalue weighted by Gasteiger charge is -2.38. The van der Waals surface area contributed by atoms with Crippen molar-refractivity contribution in [3.8, 4) is 5.75 Å². The molecule has 0 aliphatic carbocycles. The fourth-order valence-electron chi connectivity index (χ4n) is 4.16. The lowest BCUT2D eigenvalue weighted by molar-refractivity contribution is -0.137. The Hall–Kier alpha value is -2.01. The Balaban J connectivity index is 0.00000240. The molecule has 0 saturated carbocycles. The third-order valence-corrected chi connectivity index (χ3v) is 6.24. The van der Waals surface area contributed by atoms with Gasteiger partial charge in [-0.15, -0.1) is 12.4 Å². The predicted molar refractivity (Wildman–Crippen MR) is 119 cm³/mol. The zero-order valence-corrected chi connectivity index (χ0v) is 17.7. The summed E-state index contributed by atoms with van der Waals surface area (Å²) in [5.41, 5.74) is 3.45. The van der Waals surface area contributed by atoms with Crippen LogP contribution < -0.4 is 4.74 Å². The normalized spacial score (nSPS) is 17.7. The molecule has 0 amide bonds. The Morgan fingerprint density at radius 1 is 1.17 bits per heavy atom. The van der Waals surface area contributed by atoms with Gasteiger partial charge in [-0.2, -0.15) is 0 Å². The van der Waals surface area contributed by atoms with Crippen LogP contribution in [0.1, 0.15) is 36.0 Å². The summed E-state index contributed by atoms with van der Waals surface area (Å²) in [6.07, 6.45) is 6.31. The Morgan fingerprint density at radius 2 is 1.93 bits per heavy atom. The number of likely N-dealkylation sites (tertiary alicyclic amines) is 1. The minimum atomic E-state index is -0.729. The summed E-state index contributed by atoms with van der Waals surface area (Å²) >= 11 is 6.22. The predicted octanol–water partition coefficient (Wildman–Crippen LogP) is 5.13. The van der Waals surface area contributed by atoms with Gasteiger partial charge in [0.15, 0.2) is 0 Å². The number of benzene rings is 2. The van der Waals surface area contributed by atoms with Gasteiger partial charge in [-0.05, 0) is 49.2 Å². The lowest BCUT2D eigenvalue weighted by atomic mass is 9.74. The molecule has 1 spiro atoms. The van der Waals surface area contributed by atoms with Crippen LogP contribution in [0.3, 0.4) is 0 Å². The zero-order valence-electron chi connectivity index (χ0n) is 16.1. The summed E-state index contributed by atoms with van der Waals surface area (Å²) in [6, 6.07) is 14.2. The summed E-state index contributed by atoms with van der Waals surface area (Å²) in [5.74, 6) is 0.243. The van der Waals surface area contributed by atoms with Gasteiger partial charge in [0, 0.05) is 22.5 Å². The second-order valence-electron chi connectivity index (χ2n) is 7.66. The number of ether oxygens (including phenoxy) is 1. The monoisotopic (exact) mass is 433 g/mol. The van der Waals surface area contributed by atoms with E-state index in [1.807, 2.05) is 30.3 Å². The second-order valence-corrected chi connectivity index (χ2v) is 8.07. The number of nitrogens with zero attached hydrogens (tertiary/aromatic N) is 1. The van der Waals surface area contributed by atoms with Crippen molar-refractivity contribution < 1.29 is 14.6 Å². The average molecular weight is 434 g/mol. The Kier molecular flexibility index (Phi) is 6.89. The molecule has 0 unspecified atom stereocenters. The number of hydrogen-bond acceptors (Lipinski definition) is 3. The van der Waals surface area contributed by atoms with Gasteiger partial charge in [-0.3, -0.25) is 4.79 Å². The SMILES string of the molecule is Cl.O=C(O)CCN1CCC2(CC1)COc1cc(C=Cc3ccccc3Cl)ccc12. The first-order valence-corrected chi connectivity index (χ1v) is 10.1. The average Bonchev–Trinajstić information content (AvgIpc) is 3.04. The molecule has 1 N–H and O–H groups in total. The zero-order chi connectivity index (χ0) is 19.6. The Morgan fingerprint density at radius 3 is 2.66 bits per heavy atom. The van der Waals surface area contributed by atoms with E-state index in [2.05, 4.69) is 29.2 Å². The molecule has 2 heterocycles. The number of rotatable bonds is 5. The number of carboxylic acid groups (broad SMARTS) is 1. The molecule has 0 bridgehead atoms. The second kappa shape index (κ2) is 9.21. The maximum absolute atomic E-state index is 10.8. The topological polar surface area (TPSA) is 49.8 Å². The van der Waals surface area contributed by atoms with Crippen molar-refractivity contribution in [3.63, 3.8) is 0 Å². The van der Waals surface area contributed by atoms with Crippen LogP contribution in [0.25, 0.3) is 12.2 Å². The molecule has 4 rings (SSSR count). The number of halogens is 2. The fourth-order valence-corrected chi connectivity index (χ4v) is 4.36. The van der Waals surface area contributed by atoms with E-state index in [9.17, 15) is 4.79 Å². The highest BCUT2D eigenvalue weighted by atomic mass is 35.5. The number of carboxylic acids is 1. The van der Waals surface area contributed by atoms with Crippen LogP contribution in [0, 0.1) is 0 Å². The highest BCUT2D eigenvalue weighted by Crippen LogP contribution is 2.46. The molecule has 154 valence electrons. The molecule has 0 aromatic heterocycles. The summed E-state index contributed by atoms with van der Waals surface area (Å²) in [7, 11) is 0. The van der Waals surface area contributed by atoms with Crippen molar-refractivity contribution >= 4 is 42.1 Å². The molecular formula is C23H25Cl2NO3. The smallest absolute Gasteiger partial charge is 0.304 e. The van der Waals surface area contributed by atoms with Gasteiger partial charge < -0.3 is 14.7 Å². The van der Waals surface area contributed by atoms with Gasteiger partial charge in [0.25, 0.3) is 0 Å². The van der Waals surface area contributed by atoms with Crippen molar-refractivity contribution in [1.29, 1.82) is 0 Å². The first kappa shape index (κ1) is 21.7. The number of piperidine rings is 1. The number of hydrogen-bond donors (Lipinski definition) is 1. The van der Waals surface area contributed by atoms with Crippen molar-refractivity contribution in [2.24, 2.45) is 0 Å². The van der Waals surface area contributed by atoms with E-state index < -0.39 is 5.97 Å². The fraction of sp³-hybridized carbons (Fsp3) is 0.348. The first-order valence-electron chi connectivity index (χ1n) is 9.70. The molecule has 2 aliphatic rings. The number of carbonyl (C=O) groups is 1. The molecule has 1 saturated heterocycles. The number of aliphatic carboxylic acids is 1. The van der Waals surface area contributed by atoms with Gasteiger partial charge in [-0.1, -0.05) is 54.1 Å². The molecule has 2 aromatic carbocycles. The van der Waals surface area contributed by atoms with Gasteiger partial charge in [0.1, 0.15) is 5.75 Å². The summed E-state index contributed by atoms with van der Waals surface area (Å²) in [6.45, 7) is 3.19. The largest absolute Gasteiger partial charge is 0.492 e. The van der Waals surface area contributed by atoms with Gasteiger partial charge in [0.2, 0.25) is 0 Å². The quantitative estimate of drug-likeness (QED) is 0.663. The van der Waals surface area contributed by atoms with Crippen LogP contribution in [0.4, 0.5) is 0 Å². The molecule has 2 aromatic rings.